The van der Waals surface area contributed by atoms with Gasteiger partial charge in [-0.1, -0.05) is 37.3 Å². The van der Waals surface area contributed by atoms with Gasteiger partial charge in [-0.2, -0.15) is 0 Å². The molecule has 0 heterocycles. The van der Waals surface area contributed by atoms with Crippen molar-refractivity contribution in [3.63, 3.8) is 0 Å². The summed E-state index contributed by atoms with van der Waals surface area (Å²) in [6.07, 6.45) is 0.666. The molecule has 0 saturated heterocycles. The number of methoxy groups -OCH3 is 2. The fraction of sp³-hybridized carbons (Fsp3) is 0.316. The molecule has 0 bridgehead atoms. The Morgan fingerprint density at radius 3 is 2.43 bits per heavy atom. The van der Waals surface area contributed by atoms with Crippen LogP contribution in [0.5, 0.6) is 11.5 Å². The minimum absolute atomic E-state index is 0.186. The van der Waals surface area contributed by atoms with E-state index in [0.717, 1.165) is 11.1 Å². The molecule has 4 nitrogen and oxygen atoms in total. The molecule has 0 N–H and O–H groups in total. The van der Waals surface area contributed by atoms with E-state index in [1.807, 2.05) is 49.4 Å². The lowest BCUT2D eigenvalue weighted by atomic mass is 10.0. The minimum Gasteiger partial charge on any atom is -0.497 e. The lowest BCUT2D eigenvalue weighted by molar-refractivity contribution is -0.149. The van der Waals surface area contributed by atoms with Crippen molar-refractivity contribution in [2.24, 2.45) is 5.92 Å². The third kappa shape index (κ3) is 4.74. The molecule has 0 amide bonds. The molecule has 2 aromatic carbocycles. The van der Waals surface area contributed by atoms with Crippen molar-refractivity contribution in [1.82, 2.24) is 0 Å². The van der Waals surface area contributed by atoms with Gasteiger partial charge in [0.15, 0.2) is 0 Å². The second-order valence-electron chi connectivity index (χ2n) is 5.38. The molecule has 0 fully saturated rings. The van der Waals surface area contributed by atoms with E-state index < -0.39 is 0 Å². The fourth-order valence-electron chi connectivity index (χ4n) is 2.31. The Labute approximate surface area is 137 Å². The zero-order valence-electron chi connectivity index (χ0n) is 13.7. The number of rotatable bonds is 7. The smallest absolute Gasteiger partial charge is 0.309 e. The normalized spacial score (nSPS) is 11.6. The molecule has 0 aromatic heterocycles. The van der Waals surface area contributed by atoms with Gasteiger partial charge in [0.25, 0.3) is 0 Å². The van der Waals surface area contributed by atoms with Crippen molar-refractivity contribution < 1.29 is 19.0 Å². The Kier molecular flexibility index (Phi) is 6.03. The van der Waals surface area contributed by atoms with Crippen LogP contribution in [-0.4, -0.2) is 20.2 Å². The summed E-state index contributed by atoms with van der Waals surface area (Å²) >= 11 is 0. The molecule has 0 spiro atoms. The van der Waals surface area contributed by atoms with Gasteiger partial charge in [0.1, 0.15) is 18.1 Å². The van der Waals surface area contributed by atoms with Gasteiger partial charge in [0.2, 0.25) is 0 Å². The third-order valence-electron chi connectivity index (χ3n) is 3.65. The monoisotopic (exact) mass is 314 g/mol. The number of hydrogen-bond donors (Lipinski definition) is 0. The van der Waals surface area contributed by atoms with E-state index in [0.29, 0.717) is 17.9 Å². The molecule has 0 aliphatic rings. The van der Waals surface area contributed by atoms with Gasteiger partial charge in [-0.3, -0.25) is 4.79 Å². The molecule has 0 saturated carbocycles. The molecule has 2 aromatic rings. The molecule has 2 rings (SSSR count). The van der Waals surface area contributed by atoms with Crippen LogP contribution in [0.1, 0.15) is 18.1 Å². The first-order valence-electron chi connectivity index (χ1n) is 7.55. The maximum absolute atomic E-state index is 12.2. The van der Waals surface area contributed by atoms with E-state index in [2.05, 4.69) is 0 Å². The lowest BCUT2D eigenvalue weighted by Crippen LogP contribution is -2.17. The summed E-state index contributed by atoms with van der Waals surface area (Å²) in [5.41, 5.74) is 1.94. The van der Waals surface area contributed by atoms with Crippen molar-refractivity contribution in [1.29, 1.82) is 0 Å². The number of carbonyl (C=O) groups excluding carboxylic acids is 1. The number of carbonyl (C=O) groups is 1. The van der Waals surface area contributed by atoms with Gasteiger partial charge >= 0.3 is 5.97 Å². The van der Waals surface area contributed by atoms with Crippen LogP contribution < -0.4 is 9.47 Å². The summed E-state index contributed by atoms with van der Waals surface area (Å²) in [5, 5.41) is 0. The highest BCUT2D eigenvalue weighted by Crippen LogP contribution is 2.25. The van der Waals surface area contributed by atoms with Gasteiger partial charge in [-0.25, -0.2) is 0 Å². The number of ether oxygens (including phenoxy) is 3. The summed E-state index contributed by atoms with van der Waals surface area (Å²) in [6.45, 7) is 2.06. The Balaban J connectivity index is 1.93. The summed E-state index contributed by atoms with van der Waals surface area (Å²) in [5.74, 6) is 0.940. The molecular formula is C19H22O4. The molecule has 0 aliphatic carbocycles. The van der Waals surface area contributed by atoms with E-state index in [-0.39, 0.29) is 18.5 Å². The predicted molar refractivity (Wildman–Crippen MR) is 88.7 cm³/mol. The molecule has 0 unspecified atom stereocenters. The van der Waals surface area contributed by atoms with E-state index >= 15 is 0 Å². The Morgan fingerprint density at radius 2 is 1.78 bits per heavy atom. The van der Waals surface area contributed by atoms with Crippen LogP contribution >= 0.6 is 0 Å². The lowest BCUT2D eigenvalue weighted by Gasteiger charge is -2.14. The molecule has 0 radical (unpaired) electrons. The van der Waals surface area contributed by atoms with E-state index in [1.54, 1.807) is 20.3 Å². The zero-order valence-corrected chi connectivity index (χ0v) is 13.7. The van der Waals surface area contributed by atoms with Crippen LogP contribution in [0, 0.1) is 5.92 Å². The molecule has 1 atom stereocenters. The quantitative estimate of drug-likeness (QED) is 0.732. The Hall–Kier alpha value is -2.49. The average molecular weight is 314 g/mol. The second-order valence-corrected chi connectivity index (χ2v) is 5.38. The minimum atomic E-state index is -0.216. The van der Waals surface area contributed by atoms with Gasteiger partial charge in [-0.05, 0) is 24.1 Å². The topological polar surface area (TPSA) is 44.8 Å². The van der Waals surface area contributed by atoms with E-state index in [1.165, 1.54) is 0 Å². The molecule has 0 aliphatic heterocycles. The van der Waals surface area contributed by atoms with Crippen molar-refractivity contribution in [2.45, 2.75) is 20.0 Å². The van der Waals surface area contributed by atoms with Gasteiger partial charge < -0.3 is 14.2 Å². The first-order chi connectivity index (χ1) is 11.1. The van der Waals surface area contributed by atoms with Gasteiger partial charge in [-0.15, -0.1) is 0 Å². The highest BCUT2D eigenvalue weighted by atomic mass is 16.5. The van der Waals surface area contributed by atoms with Crippen LogP contribution in [0.15, 0.2) is 48.5 Å². The fourth-order valence-corrected chi connectivity index (χ4v) is 2.31. The SMILES string of the molecule is COc1ccc(COC(=O)[C@@H](C)Cc2ccccc2)c(OC)c1. The molecular weight excluding hydrogens is 292 g/mol. The third-order valence-corrected chi connectivity index (χ3v) is 3.65. The highest BCUT2D eigenvalue weighted by molar-refractivity contribution is 5.72. The first kappa shape index (κ1) is 16.9. The molecule has 122 valence electrons. The van der Waals surface area contributed by atoms with Crippen molar-refractivity contribution in [3.05, 3.63) is 59.7 Å². The van der Waals surface area contributed by atoms with Crippen LogP contribution in [0.2, 0.25) is 0 Å². The van der Waals surface area contributed by atoms with Crippen molar-refractivity contribution >= 4 is 5.97 Å². The maximum atomic E-state index is 12.2. The van der Waals surface area contributed by atoms with Crippen molar-refractivity contribution in [2.75, 3.05) is 14.2 Å². The van der Waals surface area contributed by atoms with Crippen LogP contribution in [-0.2, 0) is 22.6 Å². The second kappa shape index (κ2) is 8.22. The van der Waals surface area contributed by atoms with Crippen LogP contribution in [0.25, 0.3) is 0 Å². The summed E-state index contributed by atoms with van der Waals surface area (Å²) < 4.78 is 15.9. The van der Waals surface area contributed by atoms with Crippen molar-refractivity contribution in [3.8, 4) is 11.5 Å². The summed E-state index contributed by atoms with van der Waals surface area (Å²) in [6, 6.07) is 15.3. The molecule has 4 heteroatoms. The first-order valence-corrected chi connectivity index (χ1v) is 7.55. The number of hydrogen-bond acceptors (Lipinski definition) is 4. The predicted octanol–water partition coefficient (Wildman–Crippen LogP) is 3.63. The number of benzene rings is 2. The van der Waals surface area contributed by atoms with Crippen LogP contribution in [0.4, 0.5) is 0 Å². The van der Waals surface area contributed by atoms with Crippen LogP contribution in [0.3, 0.4) is 0 Å². The Bertz CT molecular complexity index is 637. The standard InChI is InChI=1S/C19H22O4/c1-14(11-15-7-5-4-6-8-15)19(20)23-13-16-9-10-17(21-2)12-18(16)22-3/h4-10,12,14H,11,13H2,1-3H3/t14-/m0/s1. The summed E-state index contributed by atoms with van der Waals surface area (Å²) in [7, 11) is 3.18. The molecule has 23 heavy (non-hydrogen) atoms. The highest BCUT2D eigenvalue weighted by Gasteiger charge is 2.16. The number of esters is 1. The average Bonchev–Trinajstić information content (AvgIpc) is 2.60. The Morgan fingerprint density at radius 1 is 1.04 bits per heavy atom. The van der Waals surface area contributed by atoms with Gasteiger partial charge in [0, 0.05) is 11.6 Å². The van der Waals surface area contributed by atoms with E-state index in [4.69, 9.17) is 14.2 Å². The largest absolute Gasteiger partial charge is 0.497 e. The van der Waals surface area contributed by atoms with E-state index in [9.17, 15) is 4.79 Å². The zero-order chi connectivity index (χ0) is 16.7. The summed E-state index contributed by atoms with van der Waals surface area (Å²) in [4.78, 5) is 12.2. The van der Waals surface area contributed by atoms with Gasteiger partial charge in [0.05, 0.1) is 20.1 Å². The maximum Gasteiger partial charge on any atom is 0.309 e.